The summed E-state index contributed by atoms with van der Waals surface area (Å²) >= 11 is 0. The van der Waals surface area contributed by atoms with Crippen molar-refractivity contribution in [2.45, 2.75) is 39.8 Å². The number of nitrogens with one attached hydrogen (secondary N) is 1. The van der Waals surface area contributed by atoms with Crippen molar-refractivity contribution >= 4 is 11.6 Å². The van der Waals surface area contributed by atoms with E-state index in [9.17, 15) is 4.79 Å². The number of rotatable bonds is 7. The molecule has 0 radical (unpaired) electrons. The molecule has 1 saturated heterocycles. The highest BCUT2D eigenvalue weighted by Gasteiger charge is 2.18. The van der Waals surface area contributed by atoms with Gasteiger partial charge in [0.15, 0.2) is 6.10 Å². The Morgan fingerprint density at radius 3 is 2.46 bits per heavy atom. The third kappa shape index (κ3) is 5.26. The summed E-state index contributed by atoms with van der Waals surface area (Å²) in [5, 5.41) is 3.00. The first-order valence-corrected chi connectivity index (χ1v) is 10.00. The highest BCUT2D eigenvalue weighted by molar-refractivity contribution is 5.81. The van der Waals surface area contributed by atoms with Crippen molar-refractivity contribution in [1.82, 2.24) is 5.32 Å². The lowest BCUT2D eigenvalue weighted by Gasteiger charge is -2.29. The van der Waals surface area contributed by atoms with Crippen LogP contribution in [0.4, 0.5) is 5.69 Å². The average Bonchev–Trinajstić information content (AvgIpc) is 2.73. The second-order valence-electron chi connectivity index (χ2n) is 7.24. The Morgan fingerprint density at radius 2 is 1.82 bits per heavy atom. The van der Waals surface area contributed by atoms with E-state index in [4.69, 9.17) is 9.47 Å². The Bertz CT molecular complexity index is 783. The van der Waals surface area contributed by atoms with Crippen LogP contribution in [-0.2, 0) is 16.1 Å². The molecule has 5 nitrogen and oxygen atoms in total. The molecule has 0 spiro atoms. The first-order valence-electron chi connectivity index (χ1n) is 10.00. The molecule has 0 bridgehead atoms. The van der Waals surface area contributed by atoms with Crippen molar-refractivity contribution in [2.24, 2.45) is 0 Å². The van der Waals surface area contributed by atoms with Crippen molar-refractivity contribution in [3.63, 3.8) is 0 Å². The Labute approximate surface area is 167 Å². The molecule has 1 aliphatic rings. The predicted molar refractivity (Wildman–Crippen MR) is 112 cm³/mol. The molecule has 5 heteroatoms. The smallest absolute Gasteiger partial charge is 0.261 e. The lowest BCUT2D eigenvalue weighted by molar-refractivity contribution is -0.128. The average molecular weight is 383 g/mol. The molecule has 1 fully saturated rings. The quantitative estimate of drug-likeness (QED) is 0.795. The first-order chi connectivity index (χ1) is 13.6. The Morgan fingerprint density at radius 1 is 1.11 bits per heavy atom. The van der Waals surface area contributed by atoms with Gasteiger partial charge in [-0.2, -0.15) is 0 Å². The molecule has 0 aromatic heterocycles. The predicted octanol–water partition coefficient (Wildman–Crippen LogP) is 3.61. The fourth-order valence-corrected chi connectivity index (χ4v) is 3.22. The van der Waals surface area contributed by atoms with Crippen molar-refractivity contribution in [3.8, 4) is 5.75 Å². The molecular formula is C23H30N2O3. The second kappa shape index (κ2) is 9.60. The summed E-state index contributed by atoms with van der Waals surface area (Å²) in [6.45, 7) is 9.95. The van der Waals surface area contributed by atoms with Crippen LogP contribution in [0.2, 0.25) is 0 Å². The number of nitrogens with zero attached hydrogens (tertiary/aromatic N) is 1. The van der Waals surface area contributed by atoms with Crippen LogP contribution in [0.15, 0.2) is 42.5 Å². The van der Waals surface area contributed by atoms with Gasteiger partial charge in [0.1, 0.15) is 5.75 Å². The van der Waals surface area contributed by atoms with Crippen molar-refractivity contribution in [3.05, 3.63) is 59.2 Å². The van der Waals surface area contributed by atoms with E-state index in [2.05, 4.69) is 41.4 Å². The molecule has 1 N–H and O–H groups in total. The van der Waals surface area contributed by atoms with Crippen LogP contribution < -0.4 is 15.0 Å². The zero-order chi connectivity index (χ0) is 19.9. The van der Waals surface area contributed by atoms with Crippen molar-refractivity contribution in [1.29, 1.82) is 0 Å². The van der Waals surface area contributed by atoms with Gasteiger partial charge in [0, 0.05) is 25.3 Å². The molecule has 2 aromatic carbocycles. The fraction of sp³-hybridized carbons (Fsp3) is 0.435. The van der Waals surface area contributed by atoms with Crippen molar-refractivity contribution < 1.29 is 14.3 Å². The van der Waals surface area contributed by atoms with Gasteiger partial charge in [-0.3, -0.25) is 4.79 Å². The van der Waals surface area contributed by atoms with E-state index in [1.807, 2.05) is 32.0 Å². The van der Waals surface area contributed by atoms with Crippen LogP contribution in [0.5, 0.6) is 5.75 Å². The number of amides is 1. The number of anilines is 1. The van der Waals surface area contributed by atoms with Crippen LogP contribution in [-0.4, -0.2) is 38.3 Å². The van der Waals surface area contributed by atoms with E-state index in [-0.39, 0.29) is 5.91 Å². The minimum absolute atomic E-state index is 0.0852. The standard InChI is InChI=1S/C23H30N2O3/c1-4-22(28-21-10-5-17(2)18(3)15-21)23(26)24-16-19-6-8-20(9-7-19)25-11-13-27-14-12-25/h5-10,15,22H,4,11-14,16H2,1-3H3,(H,24,26). The van der Waals surface area contributed by atoms with Gasteiger partial charge in [-0.15, -0.1) is 0 Å². The van der Waals surface area contributed by atoms with Gasteiger partial charge >= 0.3 is 0 Å². The molecule has 0 saturated carbocycles. The van der Waals surface area contributed by atoms with Gasteiger partial charge in [0.05, 0.1) is 13.2 Å². The highest BCUT2D eigenvalue weighted by atomic mass is 16.5. The number of carbonyl (C=O) groups is 1. The Kier molecular flexibility index (Phi) is 6.93. The lowest BCUT2D eigenvalue weighted by Crippen LogP contribution is -2.37. The molecule has 1 aliphatic heterocycles. The third-order valence-electron chi connectivity index (χ3n) is 5.20. The molecule has 1 amide bonds. The number of ether oxygens (including phenoxy) is 2. The van der Waals surface area contributed by atoms with Gasteiger partial charge in [0.2, 0.25) is 0 Å². The van der Waals surface area contributed by atoms with Gasteiger partial charge in [-0.05, 0) is 61.2 Å². The number of hydrogen-bond donors (Lipinski definition) is 1. The van der Waals surface area contributed by atoms with E-state index in [0.29, 0.717) is 13.0 Å². The first kappa shape index (κ1) is 20.2. The second-order valence-corrected chi connectivity index (χ2v) is 7.24. The minimum atomic E-state index is -0.491. The molecule has 150 valence electrons. The van der Waals surface area contributed by atoms with Crippen LogP contribution in [0.3, 0.4) is 0 Å². The van der Waals surface area contributed by atoms with Gasteiger partial charge in [-0.25, -0.2) is 0 Å². The maximum Gasteiger partial charge on any atom is 0.261 e. The van der Waals surface area contributed by atoms with E-state index in [1.165, 1.54) is 11.3 Å². The summed E-state index contributed by atoms with van der Waals surface area (Å²) in [7, 11) is 0. The summed E-state index contributed by atoms with van der Waals surface area (Å²) in [6, 6.07) is 14.3. The van der Waals surface area contributed by atoms with E-state index in [1.54, 1.807) is 0 Å². The van der Waals surface area contributed by atoms with Crippen LogP contribution >= 0.6 is 0 Å². The monoisotopic (exact) mass is 382 g/mol. The Hall–Kier alpha value is -2.53. The number of benzene rings is 2. The largest absolute Gasteiger partial charge is 0.481 e. The third-order valence-corrected chi connectivity index (χ3v) is 5.20. The fourth-order valence-electron chi connectivity index (χ4n) is 3.22. The maximum absolute atomic E-state index is 12.6. The number of hydrogen-bond acceptors (Lipinski definition) is 4. The normalized spacial score (nSPS) is 15.2. The van der Waals surface area contributed by atoms with E-state index < -0.39 is 6.10 Å². The van der Waals surface area contributed by atoms with E-state index in [0.717, 1.165) is 43.2 Å². The molecule has 2 aromatic rings. The molecule has 1 atom stereocenters. The molecule has 1 heterocycles. The SMILES string of the molecule is CCC(Oc1ccc(C)c(C)c1)C(=O)NCc1ccc(N2CCOCC2)cc1. The highest BCUT2D eigenvalue weighted by Crippen LogP contribution is 2.19. The summed E-state index contributed by atoms with van der Waals surface area (Å²) in [5.74, 6) is 0.651. The van der Waals surface area contributed by atoms with Crippen LogP contribution in [0.1, 0.15) is 30.0 Å². The Balaban J connectivity index is 1.53. The van der Waals surface area contributed by atoms with Gasteiger partial charge in [0.25, 0.3) is 5.91 Å². The maximum atomic E-state index is 12.6. The number of morpholine rings is 1. The van der Waals surface area contributed by atoms with Crippen molar-refractivity contribution in [2.75, 3.05) is 31.2 Å². The summed E-state index contributed by atoms with van der Waals surface area (Å²) < 4.78 is 11.3. The van der Waals surface area contributed by atoms with E-state index >= 15 is 0 Å². The number of carbonyl (C=O) groups excluding carboxylic acids is 1. The summed E-state index contributed by atoms with van der Waals surface area (Å²) in [4.78, 5) is 14.9. The van der Waals surface area contributed by atoms with Crippen LogP contribution in [0, 0.1) is 13.8 Å². The summed E-state index contributed by atoms with van der Waals surface area (Å²) in [6.07, 6.45) is 0.129. The molecule has 0 aliphatic carbocycles. The molecule has 1 unspecified atom stereocenters. The molecule has 28 heavy (non-hydrogen) atoms. The number of aryl methyl sites for hydroxylation is 2. The van der Waals surface area contributed by atoms with Crippen LogP contribution in [0.25, 0.3) is 0 Å². The summed E-state index contributed by atoms with van der Waals surface area (Å²) in [5.41, 5.74) is 4.65. The zero-order valence-corrected chi connectivity index (χ0v) is 17.0. The molecule has 3 rings (SSSR count). The zero-order valence-electron chi connectivity index (χ0n) is 17.0. The van der Waals surface area contributed by atoms with Gasteiger partial charge in [-0.1, -0.05) is 25.1 Å². The molecular weight excluding hydrogens is 352 g/mol. The minimum Gasteiger partial charge on any atom is -0.481 e. The lowest BCUT2D eigenvalue weighted by atomic mass is 10.1. The topological polar surface area (TPSA) is 50.8 Å². The van der Waals surface area contributed by atoms with Gasteiger partial charge < -0.3 is 19.7 Å².